The molecule has 2 aromatic carbocycles. The van der Waals surface area contributed by atoms with Crippen molar-refractivity contribution in [3.05, 3.63) is 132 Å². The predicted octanol–water partition coefficient (Wildman–Crippen LogP) is 7.15. The summed E-state index contributed by atoms with van der Waals surface area (Å²) in [5.74, 6) is 1.83. The molecule has 17 heteroatoms. The molecule has 0 saturated carbocycles. The molecule has 0 aliphatic carbocycles. The van der Waals surface area contributed by atoms with Crippen LogP contribution < -0.4 is 25.2 Å². The number of hydrogen-bond acceptors (Lipinski definition) is 13. The fourth-order valence-electron chi connectivity index (χ4n) is 8.04. The third-order valence-electron chi connectivity index (χ3n) is 11.4. The fourth-order valence-corrected chi connectivity index (χ4v) is 9.05. The summed E-state index contributed by atoms with van der Waals surface area (Å²) >= 11 is 0. The fraction of sp³-hybridized carbons (Fsp3) is 0.283. The minimum Gasteiger partial charge on any atom is -0.324 e. The van der Waals surface area contributed by atoms with Gasteiger partial charge >= 0.3 is 0 Å². The number of carbonyl (C=O) groups is 3. The van der Waals surface area contributed by atoms with Gasteiger partial charge in [-0.2, -0.15) is 9.97 Å². The van der Waals surface area contributed by atoms with E-state index in [1.807, 2.05) is 25.1 Å². The quantitative estimate of drug-likeness (QED) is 0.0736. The van der Waals surface area contributed by atoms with Gasteiger partial charge in [-0.15, -0.1) is 0 Å². The summed E-state index contributed by atoms with van der Waals surface area (Å²) in [5, 5.41) is 6.57. The van der Waals surface area contributed by atoms with E-state index in [1.54, 1.807) is 77.1 Å². The van der Waals surface area contributed by atoms with Crippen LogP contribution in [0, 0.1) is 0 Å². The molecule has 2 amide bonds. The Hall–Kier alpha value is -7.14. The van der Waals surface area contributed by atoms with Gasteiger partial charge in [0, 0.05) is 77.6 Å². The highest BCUT2D eigenvalue weighted by Crippen LogP contribution is 2.35. The average Bonchev–Trinajstić information content (AvgIpc) is 3.79. The molecule has 1 atom stereocenters. The first-order chi connectivity index (χ1) is 30.5. The van der Waals surface area contributed by atoms with Crippen molar-refractivity contribution in [2.24, 2.45) is 0 Å². The van der Waals surface area contributed by atoms with Gasteiger partial charge < -0.3 is 10.6 Å². The van der Waals surface area contributed by atoms with Gasteiger partial charge in [0.25, 0.3) is 10.0 Å². The van der Waals surface area contributed by atoms with Crippen molar-refractivity contribution in [1.82, 2.24) is 29.9 Å². The molecule has 0 bridgehead atoms. The molecular weight excluding hydrogens is 819 g/mol. The number of ketones is 1. The normalized spacial score (nSPS) is 13.8. The Kier molecular flexibility index (Phi) is 12.5. The smallest absolute Gasteiger partial charge is 0.263 e. The number of amides is 2. The summed E-state index contributed by atoms with van der Waals surface area (Å²) in [7, 11) is -3.86. The Balaban J connectivity index is 1.01. The van der Waals surface area contributed by atoms with Gasteiger partial charge in [-0.25, -0.2) is 23.4 Å². The van der Waals surface area contributed by atoms with Crippen molar-refractivity contribution in [3.63, 3.8) is 0 Å². The zero-order valence-corrected chi connectivity index (χ0v) is 36.0. The number of nitrogens with zero attached hydrogens (tertiary/aromatic N) is 8. The van der Waals surface area contributed by atoms with E-state index in [1.165, 1.54) is 18.3 Å². The average molecular weight is 866 g/mol. The molecule has 63 heavy (non-hydrogen) atoms. The maximum Gasteiger partial charge on any atom is 0.263 e. The molecule has 3 N–H and O–H groups in total. The SMILES string of the molecule is CCC(CCc1ccc(CC(=O)c2ccncc2)cc1Nc1ncc2c(n1)N(C(CC)CC)C(=O)C2)N1C(=O)Cc2cnc(Nc3ccc(S(=O)(=O)Nc4ccccn4)cc3)nc21. The monoisotopic (exact) mass is 865 g/mol. The van der Waals surface area contributed by atoms with Crippen LogP contribution in [-0.2, 0) is 45.3 Å². The second-order valence-electron chi connectivity index (χ2n) is 15.5. The first-order valence-electron chi connectivity index (χ1n) is 21.0. The largest absolute Gasteiger partial charge is 0.324 e. The van der Waals surface area contributed by atoms with E-state index in [0.29, 0.717) is 53.7 Å². The molecule has 16 nitrogen and oxygen atoms in total. The van der Waals surface area contributed by atoms with Gasteiger partial charge in [-0.05, 0) is 97.8 Å². The summed E-state index contributed by atoms with van der Waals surface area (Å²) in [6, 6.07) is 20.2. The molecule has 322 valence electrons. The second kappa shape index (κ2) is 18.5. The van der Waals surface area contributed by atoms with E-state index < -0.39 is 10.0 Å². The molecule has 0 saturated heterocycles. The van der Waals surface area contributed by atoms with Crippen LogP contribution in [-0.4, -0.2) is 68.0 Å². The summed E-state index contributed by atoms with van der Waals surface area (Å²) in [6.07, 6.45) is 12.0. The molecule has 4 aromatic heterocycles. The van der Waals surface area contributed by atoms with E-state index in [2.05, 4.69) is 49.1 Å². The summed E-state index contributed by atoms with van der Waals surface area (Å²) in [6.45, 7) is 6.16. The minimum atomic E-state index is -3.86. The van der Waals surface area contributed by atoms with Gasteiger partial charge in [0.15, 0.2) is 5.78 Å². The highest BCUT2D eigenvalue weighted by atomic mass is 32.2. The van der Waals surface area contributed by atoms with Crippen molar-refractivity contribution >= 4 is 68.3 Å². The summed E-state index contributed by atoms with van der Waals surface area (Å²) in [4.78, 5) is 70.4. The second-order valence-corrected chi connectivity index (χ2v) is 17.1. The molecular formula is C46H47N11O5S. The maximum atomic E-state index is 13.7. The highest BCUT2D eigenvalue weighted by Gasteiger charge is 2.35. The van der Waals surface area contributed by atoms with Crippen LogP contribution in [0.25, 0.3) is 0 Å². The van der Waals surface area contributed by atoms with Gasteiger partial charge in [0.1, 0.15) is 17.5 Å². The van der Waals surface area contributed by atoms with E-state index in [-0.39, 0.29) is 65.6 Å². The molecule has 2 aliphatic heterocycles. The van der Waals surface area contributed by atoms with Crippen molar-refractivity contribution in [1.29, 1.82) is 0 Å². The van der Waals surface area contributed by atoms with Crippen LogP contribution >= 0.6 is 0 Å². The summed E-state index contributed by atoms with van der Waals surface area (Å²) < 4.78 is 28.3. The molecule has 1 unspecified atom stereocenters. The number of carbonyl (C=O) groups excluding carboxylic acids is 3. The van der Waals surface area contributed by atoms with Crippen molar-refractivity contribution in [3.8, 4) is 0 Å². The van der Waals surface area contributed by atoms with Crippen molar-refractivity contribution in [2.45, 2.75) is 89.1 Å². The number of benzene rings is 2. The van der Waals surface area contributed by atoms with Gasteiger partial charge in [-0.3, -0.25) is 33.9 Å². The molecule has 6 aromatic rings. The van der Waals surface area contributed by atoms with Crippen LogP contribution in [0.15, 0.2) is 109 Å². The Morgan fingerprint density at radius 2 is 1.37 bits per heavy atom. The van der Waals surface area contributed by atoms with Crippen LogP contribution in [0.3, 0.4) is 0 Å². The number of anilines is 7. The number of sulfonamides is 1. The predicted molar refractivity (Wildman–Crippen MR) is 240 cm³/mol. The lowest BCUT2D eigenvalue weighted by Crippen LogP contribution is -2.38. The molecule has 0 fully saturated rings. The van der Waals surface area contributed by atoms with E-state index in [4.69, 9.17) is 9.97 Å². The first-order valence-corrected chi connectivity index (χ1v) is 22.5. The zero-order valence-electron chi connectivity index (χ0n) is 35.2. The van der Waals surface area contributed by atoms with Crippen molar-refractivity contribution < 1.29 is 22.8 Å². The van der Waals surface area contributed by atoms with Crippen LogP contribution in [0.1, 0.15) is 79.1 Å². The minimum absolute atomic E-state index is 0.0107. The highest BCUT2D eigenvalue weighted by molar-refractivity contribution is 7.92. The van der Waals surface area contributed by atoms with Gasteiger partial charge in [-0.1, -0.05) is 39.0 Å². The van der Waals surface area contributed by atoms with Gasteiger partial charge in [0.2, 0.25) is 23.7 Å². The lowest BCUT2D eigenvalue weighted by Gasteiger charge is -2.27. The van der Waals surface area contributed by atoms with Crippen LogP contribution in [0.2, 0.25) is 0 Å². The Morgan fingerprint density at radius 3 is 1.98 bits per heavy atom. The molecule has 2 aliphatic rings. The number of nitrogens with one attached hydrogen (secondary N) is 3. The van der Waals surface area contributed by atoms with E-state index in [9.17, 15) is 22.8 Å². The number of fused-ring (bicyclic) bond motifs is 2. The number of aromatic nitrogens is 6. The molecule has 0 spiro atoms. The lowest BCUT2D eigenvalue weighted by molar-refractivity contribution is -0.118. The standard InChI is InChI=1S/C46H47N11O5S/c1-4-35(5-2)56-41(59)25-32-28-50-46(54-43(32)56)52-38-23-29(24-39(58)31-18-21-47-22-19-31)10-11-30(38)12-15-36(6-3)57-42(60)26-33-27-49-45(53-44(33)57)51-34-13-16-37(17-14-34)63(61,62)55-40-9-7-8-20-48-40/h7-11,13-14,16-23,27-28,35-36H,4-6,12,15,24-26H2,1-3H3,(H,48,55)(H,49,51,53)(H,50,52,54). The Labute approximate surface area is 365 Å². The zero-order chi connectivity index (χ0) is 44.1. The van der Waals surface area contributed by atoms with Crippen LogP contribution in [0.4, 0.5) is 40.7 Å². The number of Topliss-reactive ketones (excluding diaryl/α,β-unsaturated/α-hetero) is 1. The number of aryl methyl sites for hydroxylation is 1. The molecule has 6 heterocycles. The third-order valence-corrected chi connectivity index (χ3v) is 12.7. The van der Waals surface area contributed by atoms with E-state index >= 15 is 0 Å². The Morgan fingerprint density at radius 1 is 0.730 bits per heavy atom. The molecule has 8 rings (SSSR count). The number of pyridine rings is 2. The number of hydrogen-bond donors (Lipinski definition) is 3. The van der Waals surface area contributed by atoms with Gasteiger partial charge in [0.05, 0.1) is 17.7 Å². The van der Waals surface area contributed by atoms with Crippen molar-refractivity contribution in [2.75, 3.05) is 25.2 Å². The van der Waals surface area contributed by atoms with Crippen LogP contribution in [0.5, 0.6) is 0 Å². The summed E-state index contributed by atoms with van der Waals surface area (Å²) in [5.41, 5.74) is 5.08. The third kappa shape index (κ3) is 9.38. The Bertz CT molecular complexity index is 2750. The first kappa shape index (κ1) is 42.5. The topological polar surface area (TPSA) is 205 Å². The lowest BCUT2D eigenvalue weighted by atomic mass is 9.97. The van der Waals surface area contributed by atoms with E-state index in [0.717, 1.165) is 35.2 Å². The molecule has 0 radical (unpaired) electrons. The maximum absolute atomic E-state index is 13.7. The number of rotatable bonds is 18.